The Hall–Kier alpha value is -2.75. The van der Waals surface area contributed by atoms with E-state index in [1.165, 1.54) is 16.7 Å². The molecule has 1 aliphatic carbocycles. The number of ether oxygens (including phenoxy) is 2. The molecule has 1 unspecified atom stereocenters. The third kappa shape index (κ3) is 2.40. The summed E-state index contributed by atoms with van der Waals surface area (Å²) in [6.07, 6.45) is 1.95. The largest absolute Gasteiger partial charge is 0.486 e. The molecule has 1 amide bonds. The standard InChI is InChI=1S/C21H19NO3/c23-21(15-6-7-19-20(11-15)25-9-8-24-19)22-13-16-10-17(22)12-18(16)14-4-2-1-3-5-14/h1-7,11,17H,8-10,12-13H2. The maximum atomic E-state index is 13.0. The van der Waals surface area contributed by atoms with Gasteiger partial charge in [0.15, 0.2) is 11.5 Å². The SMILES string of the molecule is O=C(c1ccc2c(c1)OCCO2)N1CC2=C(c3ccccc3)CC1C2. The highest BCUT2D eigenvalue weighted by atomic mass is 16.6. The van der Waals surface area contributed by atoms with Gasteiger partial charge in [0.25, 0.3) is 5.91 Å². The van der Waals surface area contributed by atoms with Gasteiger partial charge in [0.2, 0.25) is 0 Å². The summed E-state index contributed by atoms with van der Waals surface area (Å²) >= 11 is 0. The van der Waals surface area contributed by atoms with Gasteiger partial charge in [-0.3, -0.25) is 4.79 Å². The Bertz CT molecular complexity index is 872. The van der Waals surface area contributed by atoms with Crippen LogP contribution >= 0.6 is 0 Å². The van der Waals surface area contributed by atoms with E-state index in [1.807, 2.05) is 29.2 Å². The zero-order valence-corrected chi connectivity index (χ0v) is 13.9. The van der Waals surface area contributed by atoms with Crippen molar-refractivity contribution in [3.8, 4) is 11.5 Å². The second-order valence-corrected chi connectivity index (χ2v) is 6.80. The number of hydrogen-bond donors (Lipinski definition) is 0. The predicted octanol–water partition coefficient (Wildman–Crippen LogP) is 3.53. The Labute approximate surface area is 146 Å². The van der Waals surface area contributed by atoms with Crippen molar-refractivity contribution in [3.05, 3.63) is 65.2 Å². The van der Waals surface area contributed by atoms with Crippen molar-refractivity contribution in [2.45, 2.75) is 18.9 Å². The van der Waals surface area contributed by atoms with Gasteiger partial charge in [-0.2, -0.15) is 0 Å². The van der Waals surface area contributed by atoms with Crippen LogP contribution in [0.15, 0.2) is 54.1 Å². The van der Waals surface area contributed by atoms with Crippen molar-refractivity contribution in [2.75, 3.05) is 19.8 Å². The van der Waals surface area contributed by atoms with E-state index in [0.717, 1.165) is 25.1 Å². The molecule has 0 spiro atoms. The maximum absolute atomic E-state index is 13.0. The Morgan fingerprint density at radius 2 is 1.76 bits per heavy atom. The summed E-state index contributed by atoms with van der Waals surface area (Å²) in [7, 11) is 0. The Morgan fingerprint density at radius 1 is 0.960 bits per heavy atom. The number of likely N-dealkylation sites (tertiary alicyclic amines) is 1. The fourth-order valence-electron chi connectivity index (χ4n) is 4.12. The molecule has 2 bridgehead atoms. The second-order valence-electron chi connectivity index (χ2n) is 6.80. The minimum atomic E-state index is 0.0871. The minimum absolute atomic E-state index is 0.0871. The van der Waals surface area contributed by atoms with Crippen LogP contribution in [-0.2, 0) is 0 Å². The van der Waals surface area contributed by atoms with E-state index in [9.17, 15) is 4.79 Å². The molecular weight excluding hydrogens is 314 g/mol. The number of hydrogen-bond acceptors (Lipinski definition) is 3. The number of carbonyl (C=O) groups is 1. The Morgan fingerprint density at radius 3 is 2.52 bits per heavy atom. The lowest BCUT2D eigenvalue weighted by Gasteiger charge is -2.28. The lowest BCUT2D eigenvalue weighted by molar-refractivity contribution is 0.0738. The summed E-state index contributed by atoms with van der Waals surface area (Å²) in [6, 6.07) is 16.3. The zero-order valence-electron chi connectivity index (χ0n) is 13.9. The molecule has 0 saturated carbocycles. The molecule has 0 aromatic heterocycles. The first-order chi connectivity index (χ1) is 12.3. The molecule has 0 radical (unpaired) electrons. The molecule has 2 heterocycles. The summed E-state index contributed by atoms with van der Waals surface area (Å²) < 4.78 is 11.1. The number of amides is 1. The molecule has 3 aliphatic rings. The van der Waals surface area contributed by atoms with Crippen LogP contribution in [0.25, 0.3) is 5.57 Å². The summed E-state index contributed by atoms with van der Waals surface area (Å²) in [5.74, 6) is 1.48. The van der Waals surface area contributed by atoms with Crippen LogP contribution in [0.3, 0.4) is 0 Å². The van der Waals surface area contributed by atoms with Gasteiger partial charge in [-0.15, -0.1) is 0 Å². The summed E-state index contributed by atoms with van der Waals surface area (Å²) in [5, 5.41) is 0. The molecule has 2 aromatic rings. The van der Waals surface area contributed by atoms with E-state index < -0.39 is 0 Å². The molecule has 1 atom stereocenters. The average molecular weight is 333 g/mol. The van der Waals surface area contributed by atoms with E-state index in [1.54, 1.807) is 0 Å². The first-order valence-corrected chi connectivity index (χ1v) is 8.76. The summed E-state index contributed by atoms with van der Waals surface area (Å²) in [4.78, 5) is 15.0. The van der Waals surface area contributed by atoms with Gasteiger partial charge in [0.05, 0.1) is 0 Å². The third-order valence-electron chi connectivity index (χ3n) is 5.32. The van der Waals surface area contributed by atoms with Crippen molar-refractivity contribution in [1.29, 1.82) is 0 Å². The van der Waals surface area contributed by atoms with E-state index in [2.05, 4.69) is 24.3 Å². The van der Waals surface area contributed by atoms with Crippen LogP contribution in [0.4, 0.5) is 0 Å². The molecular formula is C21H19NO3. The number of nitrogens with zero attached hydrogens (tertiary/aromatic N) is 1. The van der Waals surface area contributed by atoms with Crippen LogP contribution in [0.2, 0.25) is 0 Å². The third-order valence-corrected chi connectivity index (χ3v) is 5.32. The molecule has 25 heavy (non-hydrogen) atoms. The smallest absolute Gasteiger partial charge is 0.254 e. The molecule has 4 nitrogen and oxygen atoms in total. The lowest BCUT2D eigenvalue weighted by Crippen LogP contribution is -2.37. The van der Waals surface area contributed by atoms with Gasteiger partial charge in [0.1, 0.15) is 13.2 Å². The van der Waals surface area contributed by atoms with Crippen molar-refractivity contribution in [3.63, 3.8) is 0 Å². The van der Waals surface area contributed by atoms with E-state index in [0.29, 0.717) is 24.5 Å². The number of carbonyl (C=O) groups excluding carboxylic acids is 1. The molecule has 2 aromatic carbocycles. The van der Waals surface area contributed by atoms with Crippen LogP contribution in [0, 0.1) is 0 Å². The van der Waals surface area contributed by atoms with E-state index >= 15 is 0 Å². The van der Waals surface area contributed by atoms with Crippen molar-refractivity contribution >= 4 is 11.5 Å². The molecule has 126 valence electrons. The zero-order chi connectivity index (χ0) is 16.8. The highest BCUT2D eigenvalue weighted by Gasteiger charge is 2.39. The molecule has 4 heteroatoms. The average Bonchev–Trinajstić information content (AvgIpc) is 3.28. The van der Waals surface area contributed by atoms with E-state index in [4.69, 9.17) is 9.47 Å². The monoisotopic (exact) mass is 333 g/mol. The van der Waals surface area contributed by atoms with Crippen LogP contribution < -0.4 is 9.47 Å². The van der Waals surface area contributed by atoms with E-state index in [-0.39, 0.29) is 11.9 Å². The first kappa shape index (κ1) is 14.6. The van der Waals surface area contributed by atoms with Gasteiger partial charge in [0, 0.05) is 18.2 Å². The van der Waals surface area contributed by atoms with Gasteiger partial charge < -0.3 is 14.4 Å². The van der Waals surface area contributed by atoms with Gasteiger partial charge in [-0.1, -0.05) is 30.3 Å². The molecule has 0 N–H and O–H groups in total. The Balaban J connectivity index is 1.39. The number of fused-ring (bicyclic) bond motifs is 3. The summed E-state index contributed by atoms with van der Waals surface area (Å²) in [6.45, 7) is 1.83. The first-order valence-electron chi connectivity index (χ1n) is 8.76. The van der Waals surface area contributed by atoms with Crippen LogP contribution in [-0.4, -0.2) is 36.6 Å². The van der Waals surface area contributed by atoms with Crippen molar-refractivity contribution < 1.29 is 14.3 Å². The normalized spacial score (nSPS) is 21.0. The fraction of sp³-hybridized carbons (Fsp3) is 0.286. The predicted molar refractivity (Wildman–Crippen MR) is 94.9 cm³/mol. The molecule has 2 aliphatic heterocycles. The van der Waals surface area contributed by atoms with Crippen LogP contribution in [0.1, 0.15) is 28.8 Å². The van der Waals surface area contributed by atoms with Gasteiger partial charge in [-0.05, 0) is 47.8 Å². The van der Waals surface area contributed by atoms with Crippen LogP contribution in [0.5, 0.6) is 11.5 Å². The highest BCUT2D eigenvalue weighted by Crippen LogP contribution is 2.43. The molecule has 1 saturated heterocycles. The lowest BCUT2D eigenvalue weighted by atomic mass is 9.99. The van der Waals surface area contributed by atoms with Crippen molar-refractivity contribution in [1.82, 2.24) is 4.90 Å². The summed E-state index contributed by atoms with van der Waals surface area (Å²) in [5.41, 5.74) is 4.81. The minimum Gasteiger partial charge on any atom is -0.486 e. The van der Waals surface area contributed by atoms with Gasteiger partial charge in [-0.25, -0.2) is 0 Å². The Kier molecular flexibility index (Phi) is 3.30. The molecule has 1 fully saturated rings. The quantitative estimate of drug-likeness (QED) is 0.844. The topological polar surface area (TPSA) is 38.8 Å². The number of benzene rings is 2. The number of rotatable bonds is 2. The maximum Gasteiger partial charge on any atom is 0.254 e. The van der Waals surface area contributed by atoms with Gasteiger partial charge >= 0.3 is 0 Å². The fourth-order valence-corrected chi connectivity index (χ4v) is 4.12. The second kappa shape index (κ2) is 5.66. The molecule has 5 rings (SSSR count). The highest BCUT2D eigenvalue weighted by molar-refractivity contribution is 5.96. The van der Waals surface area contributed by atoms with Crippen molar-refractivity contribution in [2.24, 2.45) is 0 Å².